The zero-order chi connectivity index (χ0) is 15.1. The molecule has 6 heteroatoms. The molecular formula is C16H12N4OS. The Morgan fingerprint density at radius 2 is 1.59 bits per heavy atom. The van der Waals surface area contributed by atoms with Crippen molar-refractivity contribution >= 4 is 27.2 Å². The highest BCUT2D eigenvalue weighted by atomic mass is 32.2. The second-order valence-electron chi connectivity index (χ2n) is 4.93. The van der Waals surface area contributed by atoms with Crippen molar-refractivity contribution in [2.45, 2.75) is 5.16 Å². The predicted molar refractivity (Wildman–Crippen MR) is 86.1 cm³/mol. The highest BCUT2D eigenvalue weighted by Gasteiger charge is 2.16. The van der Waals surface area contributed by atoms with Gasteiger partial charge < -0.3 is 0 Å². The van der Waals surface area contributed by atoms with Gasteiger partial charge in [0, 0.05) is 22.6 Å². The van der Waals surface area contributed by atoms with Crippen LogP contribution in [0.1, 0.15) is 0 Å². The summed E-state index contributed by atoms with van der Waals surface area (Å²) in [6.45, 7) is 0. The van der Waals surface area contributed by atoms with Gasteiger partial charge in [-0.1, -0.05) is 54.6 Å². The van der Waals surface area contributed by atoms with Crippen molar-refractivity contribution in [3.63, 3.8) is 0 Å². The molecule has 0 saturated carbocycles. The number of nitrogens with zero attached hydrogens (tertiary/aromatic N) is 4. The van der Waals surface area contributed by atoms with E-state index in [-0.39, 0.29) is 0 Å². The van der Waals surface area contributed by atoms with E-state index in [2.05, 4.69) is 15.3 Å². The fourth-order valence-electron chi connectivity index (χ4n) is 2.55. The maximum atomic E-state index is 11.9. The van der Waals surface area contributed by atoms with Gasteiger partial charge in [-0.25, -0.2) is 0 Å². The van der Waals surface area contributed by atoms with Crippen LogP contribution >= 0.6 is 0 Å². The number of aromatic nitrogens is 4. The molecule has 0 spiro atoms. The number of rotatable bonds is 2. The van der Waals surface area contributed by atoms with Crippen molar-refractivity contribution < 1.29 is 4.21 Å². The minimum absolute atomic E-state index is 0.359. The van der Waals surface area contributed by atoms with Crippen LogP contribution in [-0.4, -0.2) is 30.3 Å². The Kier molecular flexibility index (Phi) is 2.97. The summed E-state index contributed by atoms with van der Waals surface area (Å²) in [5.41, 5.74) is 2.46. The molecule has 0 saturated heterocycles. The second kappa shape index (κ2) is 4.99. The smallest absolute Gasteiger partial charge is 0.242 e. The largest absolute Gasteiger partial charge is 0.251 e. The molecule has 108 valence electrons. The molecular weight excluding hydrogens is 296 g/mol. The summed E-state index contributed by atoms with van der Waals surface area (Å²) in [4.78, 5) is 0. The predicted octanol–water partition coefficient (Wildman–Crippen LogP) is 2.68. The van der Waals surface area contributed by atoms with Crippen LogP contribution in [0.15, 0.2) is 59.8 Å². The van der Waals surface area contributed by atoms with E-state index in [1.807, 2.05) is 54.6 Å². The van der Waals surface area contributed by atoms with E-state index in [0.717, 1.165) is 22.0 Å². The third-order valence-corrected chi connectivity index (χ3v) is 4.31. The van der Waals surface area contributed by atoms with Crippen molar-refractivity contribution in [1.29, 1.82) is 0 Å². The molecule has 2 aromatic carbocycles. The molecule has 0 aliphatic heterocycles. The summed E-state index contributed by atoms with van der Waals surface area (Å²) in [5, 5.41) is 15.1. The molecule has 2 heterocycles. The molecule has 2 aromatic heterocycles. The van der Waals surface area contributed by atoms with Crippen LogP contribution in [0.3, 0.4) is 0 Å². The lowest BCUT2D eigenvalue weighted by atomic mass is 10.1. The molecule has 1 atom stereocenters. The van der Waals surface area contributed by atoms with Crippen LogP contribution in [0.5, 0.6) is 0 Å². The molecule has 22 heavy (non-hydrogen) atoms. The second-order valence-corrected chi connectivity index (χ2v) is 6.21. The van der Waals surface area contributed by atoms with Crippen LogP contribution in [0.4, 0.5) is 0 Å². The molecule has 0 aliphatic rings. The van der Waals surface area contributed by atoms with Crippen molar-refractivity contribution in [3.05, 3.63) is 54.6 Å². The number of hydrogen-bond acceptors (Lipinski definition) is 4. The third kappa shape index (κ3) is 1.92. The fourth-order valence-corrected chi connectivity index (χ4v) is 3.08. The van der Waals surface area contributed by atoms with Gasteiger partial charge in [-0.05, 0) is 0 Å². The molecule has 0 bridgehead atoms. The zero-order valence-corrected chi connectivity index (χ0v) is 12.6. The summed E-state index contributed by atoms with van der Waals surface area (Å²) in [5.74, 6) is 0. The Morgan fingerprint density at radius 3 is 2.32 bits per heavy atom. The van der Waals surface area contributed by atoms with Crippen molar-refractivity contribution in [1.82, 2.24) is 19.8 Å². The van der Waals surface area contributed by atoms with Crippen molar-refractivity contribution in [2.24, 2.45) is 0 Å². The number of fused-ring (bicyclic) bond motifs is 3. The van der Waals surface area contributed by atoms with Gasteiger partial charge in [-0.3, -0.25) is 4.21 Å². The standard InChI is InChI=1S/C16H12N4OS/c1-22(21)16-18-17-15-13-10-6-5-9-12(13)14(19-20(15)16)11-7-3-2-4-8-11/h2-10H,1H3. The minimum atomic E-state index is -1.25. The molecule has 5 nitrogen and oxygen atoms in total. The van der Waals surface area contributed by atoms with Gasteiger partial charge in [0.1, 0.15) is 0 Å². The first-order valence-electron chi connectivity index (χ1n) is 6.79. The summed E-state index contributed by atoms with van der Waals surface area (Å²) in [6.07, 6.45) is 1.58. The molecule has 4 rings (SSSR count). The Labute approximate surface area is 129 Å². The van der Waals surface area contributed by atoms with Gasteiger partial charge in [-0.15, -0.1) is 10.2 Å². The summed E-state index contributed by atoms with van der Waals surface area (Å²) in [6, 6.07) is 17.9. The van der Waals surface area contributed by atoms with Gasteiger partial charge in [0.2, 0.25) is 5.16 Å². The molecule has 0 radical (unpaired) electrons. The van der Waals surface area contributed by atoms with E-state index in [4.69, 9.17) is 0 Å². The van der Waals surface area contributed by atoms with E-state index in [1.165, 1.54) is 0 Å². The van der Waals surface area contributed by atoms with Crippen molar-refractivity contribution in [3.8, 4) is 11.3 Å². The van der Waals surface area contributed by atoms with Gasteiger partial charge in [0.15, 0.2) is 5.65 Å². The van der Waals surface area contributed by atoms with Gasteiger partial charge in [-0.2, -0.15) is 9.61 Å². The first kappa shape index (κ1) is 13.1. The normalized spacial score (nSPS) is 12.8. The van der Waals surface area contributed by atoms with E-state index >= 15 is 0 Å². The maximum absolute atomic E-state index is 11.9. The molecule has 0 N–H and O–H groups in total. The third-order valence-electron chi connectivity index (χ3n) is 3.54. The van der Waals surface area contributed by atoms with E-state index < -0.39 is 10.8 Å². The highest BCUT2D eigenvalue weighted by Crippen LogP contribution is 2.28. The lowest BCUT2D eigenvalue weighted by molar-refractivity contribution is 0.672. The average molecular weight is 308 g/mol. The molecule has 0 aliphatic carbocycles. The lowest BCUT2D eigenvalue weighted by Gasteiger charge is -2.07. The Hall–Kier alpha value is -2.60. The fraction of sp³-hybridized carbons (Fsp3) is 0.0625. The quantitative estimate of drug-likeness (QED) is 0.571. The zero-order valence-electron chi connectivity index (χ0n) is 11.8. The summed E-state index contributed by atoms with van der Waals surface area (Å²) >= 11 is 0. The Morgan fingerprint density at radius 1 is 0.909 bits per heavy atom. The van der Waals surface area contributed by atoms with Crippen LogP contribution in [0.25, 0.3) is 27.7 Å². The van der Waals surface area contributed by atoms with Gasteiger partial charge in [0.25, 0.3) is 0 Å². The van der Waals surface area contributed by atoms with Crippen molar-refractivity contribution in [2.75, 3.05) is 6.26 Å². The SMILES string of the molecule is CS(=O)c1nnc2c3ccccc3c(-c3ccccc3)nn12. The van der Waals surface area contributed by atoms with Crippen LogP contribution in [0.2, 0.25) is 0 Å². The van der Waals surface area contributed by atoms with Crippen LogP contribution in [-0.2, 0) is 10.8 Å². The van der Waals surface area contributed by atoms with Gasteiger partial charge in [0.05, 0.1) is 16.5 Å². The summed E-state index contributed by atoms with van der Waals surface area (Å²) < 4.78 is 13.4. The first-order chi connectivity index (χ1) is 10.8. The maximum Gasteiger partial charge on any atom is 0.242 e. The molecule has 4 aromatic rings. The number of hydrogen-bond donors (Lipinski definition) is 0. The minimum Gasteiger partial charge on any atom is -0.251 e. The van der Waals surface area contributed by atoms with E-state index in [1.54, 1.807) is 10.8 Å². The molecule has 0 fully saturated rings. The topological polar surface area (TPSA) is 60.2 Å². The number of benzene rings is 2. The van der Waals surface area contributed by atoms with Crippen LogP contribution in [0, 0.1) is 0 Å². The van der Waals surface area contributed by atoms with Gasteiger partial charge >= 0.3 is 0 Å². The highest BCUT2D eigenvalue weighted by molar-refractivity contribution is 7.84. The van der Waals surface area contributed by atoms with Crippen LogP contribution < -0.4 is 0 Å². The Bertz CT molecular complexity index is 1010. The Balaban J connectivity index is 2.18. The molecule has 0 amide bonds. The summed E-state index contributed by atoms with van der Waals surface area (Å²) in [7, 11) is -1.25. The average Bonchev–Trinajstić information content (AvgIpc) is 2.99. The monoisotopic (exact) mass is 308 g/mol. The van der Waals surface area contributed by atoms with E-state index in [9.17, 15) is 4.21 Å². The lowest BCUT2D eigenvalue weighted by Crippen LogP contribution is -2.02. The molecule has 1 unspecified atom stereocenters. The first-order valence-corrected chi connectivity index (χ1v) is 8.34. The van der Waals surface area contributed by atoms with E-state index in [0.29, 0.717) is 10.8 Å².